The fraction of sp³-hybridized carbons (Fsp3) is 0.364. The highest BCUT2D eigenvalue weighted by molar-refractivity contribution is 5.79. The lowest BCUT2D eigenvalue weighted by atomic mass is 10.2. The Balaban J connectivity index is 2.16. The van der Waals surface area contributed by atoms with Crippen molar-refractivity contribution in [1.29, 1.82) is 0 Å². The third kappa shape index (κ3) is 2.10. The summed E-state index contributed by atoms with van der Waals surface area (Å²) in [5, 5.41) is 6.43. The zero-order chi connectivity index (χ0) is 10.7. The molecule has 4 nitrogen and oxygen atoms in total. The number of aromatic nitrogens is 2. The molecule has 0 atom stereocenters. The summed E-state index contributed by atoms with van der Waals surface area (Å²) in [4.78, 5) is 4.31. The average Bonchev–Trinajstić information content (AvgIpc) is 2.61. The van der Waals surface area contributed by atoms with Crippen LogP contribution in [0.1, 0.15) is 0 Å². The van der Waals surface area contributed by atoms with Gasteiger partial charge in [0.2, 0.25) is 0 Å². The van der Waals surface area contributed by atoms with Gasteiger partial charge in [0, 0.05) is 25.8 Å². The van der Waals surface area contributed by atoms with Crippen molar-refractivity contribution in [3.63, 3.8) is 0 Å². The lowest BCUT2D eigenvalue weighted by molar-refractivity contribution is 0.824. The van der Waals surface area contributed by atoms with Crippen LogP contribution < -0.4 is 10.6 Å². The molecular formula is C11H16N4. The predicted octanol–water partition coefficient (Wildman–Crippen LogP) is 1.20. The standard InChI is InChI=1S/C11H16N4/c1-12-5-6-13-9-3-4-11-10(7-9)14-8-15(11)2/h3-4,7-8,12-13H,5-6H2,1-2H3. The molecule has 0 saturated carbocycles. The Kier molecular flexibility index (Phi) is 2.87. The molecule has 80 valence electrons. The van der Waals surface area contributed by atoms with Crippen LogP contribution in [0.2, 0.25) is 0 Å². The van der Waals surface area contributed by atoms with Crippen LogP contribution in [0.5, 0.6) is 0 Å². The zero-order valence-corrected chi connectivity index (χ0v) is 9.12. The minimum atomic E-state index is 0.925. The van der Waals surface area contributed by atoms with Crippen molar-refractivity contribution in [1.82, 2.24) is 14.9 Å². The van der Waals surface area contributed by atoms with Gasteiger partial charge in [-0.3, -0.25) is 0 Å². The number of anilines is 1. The van der Waals surface area contributed by atoms with Crippen molar-refractivity contribution < 1.29 is 0 Å². The molecular weight excluding hydrogens is 188 g/mol. The van der Waals surface area contributed by atoms with Gasteiger partial charge in [0.15, 0.2) is 0 Å². The molecule has 4 heteroatoms. The van der Waals surface area contributed by atoms with E-state index in [9.17, 15) is 0 Å². The van der Waals surface area contributed by atoms with E-state index in [0.29, 0.717) is 0 Å². The summed E-state index contributed by atoms with van der Waals surface area (Å²) in [5.74, 6) is 0. The minimum Gasteiger partial charge on any atom is -0.384 e. The lowest BCUT2D eigenvalue weighted by Gasteiger charge is -2.05. The molecule has 2 N–H and O–H groups in total. The summed E-state index contributed by atoms with van der Waals surface area (Å²) >= 11 is 0. The van der Waals surface area contributed by atoms with Gasteiger partial charge in [0.1, 0.15) is 0 Å². The van der Waals surface area contributed by atoms with Crippen molar-refractivity contribution in [3.8, 4) is 0 Å². The first-order valence-corrected chi connectivity index (χ1v) is 5.11. The van der Waals surface area contributed by atoms with E-state index in [4.69, 9.17) is 0 Å². The van der Waals surface area contributed by atoms with Crippen LogP contribution >= 0.6 is 0 Å². The third-order valence-electron chi connectivity index (χ3n) is 2.43. The Bertz CT molecular complexity index is 447. The van der Waals surface area contributed by atoms with Crippen LogP contribution in [0.4, 0.5) is 5.69 Å². The van der Waals surface area contributed by atoms with E-state index in [0.717, 1.165) is 29.8 Å². The highest BCUT2D eigenvalue weighted by atomic mass is 15.0. The Morgan fingerprint density at radius 2 is 2.20 bits per heavy atom. The van der Waals surface area contributed by atoms with Gasteiger partial charge < -0.3 is 15.2 Å². The second kappa shape index (κ2) is 4.31. The van der Waals surface area contributed by atoms with E-state index in [1.54, 1.807) is 0 Å². The first kappa shape index (κ1) is 9.98. The highest BCUT2D eigenvalue weighted by Crippen LogP contribution is 2.16. The zero-order valence-electron chi connectivity index (χ0n) is 9.12. The Morgan fingerprint density at radius 3 is 3.00 bits per heavy atom. The van der Waals surface area contributed by atoms with E-state index in [2.05, 4.69) is 33.8 Å². The number of nitrogens with zero attached hydrogens (tertiary/aromatic N) is 2. The monoisotopic (exact) mass is 204 g/mol. The predicted molar refractivity (Wildman–Crippen MR) is 63.1 cm³/mol. The summed E-state index contributed by atoms with van der Waals surface area (Å²) in [6.07, 6.45) is 1.84. The summed E-state index contributed by atoms with van der Waals surface area (Å²) in [7, 11) is 3.95. The molecule has 0 aliphatic heterocycles. The van der Waals surface area contributed by atoms with E-state index in [-0.39, 0.29) is 0 Å². The van der Waals surface area contributed by atoms with Crippen LogP contribution in [0.15, 0.2) is 24.5 Å². The van der Waals surface area contributed by atoms with Gasteiger partial charge in [-0.1, -0.05) is 0 Å². The molecule has 2 aromatic rings. The van der Waals surface area contributed by atoms with Gasteiger partial charge in [-0.15, -0.1) is 0 Å². The molecule has 15 heavy (non-hydrogen) atoms. The van der Waals surface area contributed by atoms with E-state index in [1.165, 1.54) is 0 Å². The molecule has 0 saturated heterocycles. The second-order valence-corrected chi connectivity index (χ2v) is 3.59. The summed E-state index contributed by atoms with van der Waals surface area (Å²) < 4.78 is 2.02. The SMILES string of the molecule is CNCCNc1ccc2c(c1)ncn2C. The lowest BCUT2D eigenvalue weighted by Crippen LogP contribution is -2.17. The van der Waals surface area contributed by atoms with Gasteiger partial charge in [0.25, 0.3) is 0 Å². The minimum absolute atomic E-state index is 0.925. The average molecular weight is 204 g/mol. The molecule has 0 bridgehead atoms. The number of likely N-dealkylation sites (N-methyl/N-ethyl adjacent to an activating group) is 1. The second-order valence-electron chi connectivity index (χ2n) is 3.59. The van der Waals surface area contributed by atoms with Gasteiger partial charge in [-0.25, -0.2) is 4.98 Å². The van der Waals surface area contributed by atoms with E-state index < -0.39 is 0 Å². The van der Waals surface area contributed by atoms with Crippen LogP contribution in [-0.4, -0.2) is 29.7 Å². The normalized spacial score (nSPS) is 10.8. The van der Waals surface area contributed by atoms with Gasteiger partial charge >= 0.3 is 0 Å². The van der Waals surface area contributed by atoms with Gasteiger partial charge in [-0.05, 0) is 25.2 Å². The number of benzene rings is 1. The van der Waals surface area contributed by atoms with Crippen molar-refractivity contribution >= 4 is 16.7 Å². The summed E-state index contributed by atoms with van der Waals surface area (Å²) in [5.41, 5.74) is 3.32. The number of hydrogen-bond donors (Lipinski definition) is 2. The molecule has 1 aromatic heterocycles. The number of imidazole rings is 1. The molecule has 1 aromatic carbocycles. The molecule has 0 fully saturated rings. The molecule has 0 spiro atoms. The van der Waals surface area contributed by atoms with Crippen molar-refractivity contribution in [3.05, 3.63) is 24.5 Å². The fourth-order valence-corrected chi connectivity index (χ4v) is 1.58. The van der Waals surface area contributed by atoms with Gasteiger partial charge in [-0.2, -0.15) is 0 Å². The molecule has 0 aliphatic rings. The fourth-order valence-electron chi connectivity index (χ4n) is 1.58. The summed E-state index contributed by atoms with van der Waals surface area (Å²) in [6, 6.07) is 6.24. The smallest absolute Gasteiger partial charge is 0.0955 e. The molecule has 0 unspecified atom stereocenters. The maximum absolute atomic E-state index is 4.31. The van der Waals surface area contributed by atoms with E-state index in [1.807, 2.05) is 25.0 Å². The largest absolute Gasteiger partial charge is 0.384 e. The first-order valence-electron chi connectivity index (χ1n) is 5.11. The van der Waals surface area contributed by atoms with Crippen LogP contribution in [0.25, 0.3) is 11.0 Å². The van der Waals surface area contributed by atoms with Crippen molar-refractivity contribution in [2.45, 2.75) is 0 Å². The molecule has 2 rings (SSSR count). The Labute approximate surface area is 89.3 Å². The third-order valence-corrected chi connectivity index (χ3v) is 2.43. The van der Waals surface area contributed by atoms with Crippen LogP contribution in [0, 0.1) is 0 Å². The number of hydrogen-bond acceptors (Lipinski definition) is 3. The molecule has 1 heterocycles. The highest BCUT2D eigenvalue weighted by Gasteiger charge is 1.99. The maximum Gasteiger partial charge on any atom is 0.0955 e. The van der Waals surface area contributed by atoms with Crippen LogP contribution in [-0.2, 0) is 7.05 Å². The molecule has 0 aliphatic carbocycles. The van der Waals surface area contributed by atoms with Gasteiger partial charge in [0.05, 0.1) is 17.4 Å². The van der Waals surface area contributed by atoms with Crippen LogP contribution in [0.3, 0.4) is 0 Å². The topological polar surface area (TPSA) is 41.9 Å². The number of aryl methyl sites for hydroxylation is 1. The number of fused-ring (bicyclic) bond motifs is 1. The van der Waals surface area contributed by atoms with Crippen molar-refractivity contribution in [2.24, 2.45) is 7.05 Å². The number of nitrogens with one attached hydrogen (secondary N) is 2. The van der Waals surface area contributed by atoms with Crippen molar-refractivity contribution in [2.75, 3.05) is 25.5 Å². The number of rotatable bonds is 4. The Morgan fingerprint density at radius 1 is 1.33 bits per heavy atom. The van der Waals surface area contributed by atoms with E-state index >= 15 is 0 Å². The molecule has 0 radical (unpaired) electrons. The maximum atomic E-state index is 4.31. The first-order chi connectivity index (χ1) is 7.31. The summed E-state index contributed by atoms with van der Waals surface area (Å²) in [6.45, 7) is 1.88. The molecule has 0 amide bonds. The Hall–Kier alpha value is -1.55. The quantitative estimate of drug-likeness (QED) is 0.735.